The largest absolute Gasteiger partial charge is 0.494 e. The first kappa shape index (κ1) is 41.8. The van der Waals surface area contributed by atoms with Crippen LogP contribution in [0.3, 0.4) is 0 Å². The molecule has 6 heteroatoms. The van der Waals surface area contributed by atoms with Gasteiger partial charge in [0, 0.05) is 22.6 Å². The van der Waals surface area contributed by atoms with Gasteiger partial charge < -0.3 is 19.1 Å². The minimum absolute atomic E-state index is 0.299. The van der Waals surface area contributed by atoms with E-state index in [1.807, 2.05) is 72.8 Å². The van der Waals surface area contributed by atoms with Crippen LogP contribution in [0.4, 0.5) is 0 Å². The van der Waals surface area contributed by atoms with Crippen LogP contribution < -0.4 is 19.1 Å². The van der Waals surface area contributed by atoms with E-state index in [1.54, 1.807) is 6.08 Å². The Hall–Kier alpha value is -4.81. The lowest BCUT2D eigenvalue weighted by molar-refractivity contribution is -0.196. The summed E-state index contributed by atoms with van der Waals surface area (Å²) in [6.07, 6.45) is 25.9. The average molecular weight is 771 g/mol. The van der Waals surface area contributed by atoms with Gasteiger partial charge in [0.1, 0.15) is 23.9 Å². The number of hydrogen-bond acceptors (Lipinski definition) is 6. The fourth-order valence-corrected chi connectivity index (χ4v) is 8.38. The lowest BCUT2D eigenvalue weighted by atomic mass is 9.76. The Morgan fingerprint density at radius 3 is 1.68 bits per heavy atom. The normalized spacial score (nSPS) is 15.7. The molecule has 0 amide bonds. The van der Waals surface area contributed by atoms with E-state index in [-0.39, 0.29) is 5.41 Å². The molecular weight excluding hydrogens is 709 g/mol. The number of benzene rings is 4. The molecule has 6 rings (SSSR count). The van der Waals surface area contributed by atoms with E-state index >= 15 is 0 Å². The van der Waals surface area contributed by atoms with Crippen molar-refractivity contribution in [2.45, 2.75) is 122 Å². The number of esters is 1. The highest BCUT2D eigenvalue weighted by molar-refractivity contribution is 5.89. The van der Waals surface area contributed by atoms with Crippen LogP contribution in [0.5, 0.6) is 23.0 Å². The van der Waals surface area contributed by atoms with E-state index in [4.69, 9.17) is 24.0 Å². The summed E-state index contributed by atoms with van der Waals surface area (Å²) >= 11 is 0. The van der Waals surface area contributed by atoms with Crippen molar-refractivity contribution in [2.24, 2.45) is 0 Å². The zero-order valence-electron chi connectivity index (χ0n) is 34.3. The number of unbranched alkanes of at least 4 members (excludes halogenated alkanes) is 10. The zero-order valence-corrected chi connectivity index (χ0v) is 34.3. The van der Waals surface area contributed by atoms with Gasteiger partial charge in [-0.15, -0.1) is 0 Å². The molecule has 4 aromatic carbocycles. The fourth-order valence-electron chi connectivity index (χ4n) is 8.38. The quantitative estimate of drug-likeness (QED) is 0.0177. The molecule has 0 fully saturated rings. The van der Waals surface area contributed by atoms with Gasteiger partial charge in [-0.05, 0) is 103 Å². The van der Waals surface area contributed by atoms with E-state index < -0.39 is 5.97 Å². The van der Waals surface area contributed by atoms with Crippen molar-refractivity contribution in [2.75, 3.05) is 19.8 Å². The Kier molecular flexibility index (Phi) is 16.3. The molecular formula is C51H62O6. The number of carbonyl (C=O) groups is 1. The second kappa shape index (κ2) is 22.2. The van der Waals surface area contributed by atoms with E-state index in [1.165, 1.54) is 81.4 Å². The predicted molar refractivity (Wildman–Crippen MR) is 231 cm³/mol. The van der Waals surface area contributed by atoms with Gasteiger partial charge in [-0.3, -0.25) is 0 Å². The zero-order chi connectivity index (χ0) is 39.5. The van der Waals surface area contributed by atoms with E-state index in [9.17, 15) is 4.79 Å². The van der Waals surface area contributed by atoms with Crippen LogP contribution in [-0.2, 0) is 27.9 Å². The van der Waals surface area contributed by atoms with Crippen LogP contribution in [0.2, 0.25) is 0 Å². The van der Waals surface area contributed by atoms with Gasteiger partial charge in [0.05, 0.1) is 13.2 Å². The second-order valence-corrected chi connectivity index (χ2v) is 15.6. The number of carbonyl (C=O) groups excluding carboxylic acids is 1. The molecule has 0 saturated carbocycles. The Morgan fingerprint density at radius 1 is 0.596 bits per heavy atom. The van der Waals surface area contributed by atoms with Gasteiger partial charge >= 0.3 is 5.97 Å². The summed E-state index contributed by atoms with van der Waals surface area (Å²) in [6.45, 7) is 6.27. The maximum Gasteiger partial charge on any atom is 0.336 e. The van der Waals surface area contributed by atoms with Crippen LogP contribution in [0, 0.1) is 0 Å². The van der Waals surface area contributed by atoms with Gasteiger partial charge in [-0.1, -0.05) is 139 Å². The number of ether oxygens (including phenoxy) is 3. The van der Waals surface area contributed by atoms with Gasteiger partial charge in [0.15, 0.2) is 5.75 Å². The molecule has 57 heavy (non-hydrogen) atoms. The standard InChI is InChI=1S/C51H62O6/c1-3-5-7-9-11-13-37-53-44-28-23-40(24-29-44)18-17-39-55-57-47-22-16-20-43-34-36-51(50(43)47)35-33-42-19-15-21-46(49(42)51)56-48(52)32-27-41-25-30-45(31-26-41)54-38-14-12-10-8-6-4-2/h15-32H,3-14,33-39H2,1-2H3. The molecule has 4 aromatic rings. The summed E-state index contributed by atoms with van der Waals surface area (Å²) in [5.74, 6) is 2.69. The van der Waals surface area contributed by atoms with Crippen molar-refractivity contribution in [1.82, 2.24) is 0 Å². The minimum atomic E-state index is -0.401. The Labute approximate surface area is 341 Å². The number of fused-ring (bicyclic) bond motifs is 4. The van der Waals surface area contributed by atoms with Gasteiger partial charge in [0.25, 0.3) is 0 Å². The maximum atomic E-state index is 13.3. The lowest BCUT2D eigenvalue weighted by Crippen LogP contribution is -2.24. The first-order valence-corrected chi connectivity index (χ1v) is 21.7. The molecule has 302 valence electrons. The van der Waals surface area contributed by atoms with Gasteiger partial charge in [-0.25, -0.2) is 4.79 Å². The first-order chi connectivity index (χ1) is 28.1. The van der Waals surface area contributed by atoms with Gasteiger partial charge in [-0.2, -0.15) is 4.89 Å². The van der Waals surface area contributed by atoms with Crippen molar-refractivity contribution in [3.05, 3.63) is 130 Å². The summed E-state index contributed by atoms with van der Waals surface area (Å²) in [7, 11) is 0. The van der Waals surface area contributed by atoms with Crippen molar-refractivity contribution in [1.29, 1.82) is 0 Å². The van der Waals surface area contributed by atoms with Crippen molar-refractivity contribution < 1.29 is 28.8 Å². The predicted octanol–water partition coefficient (Wildman–Crippen LogP) is 13.0. The second-order valence-electron chi connectivity index (χ2n) is 15.6. The van der Waals surface area contributed by atoms with Crippen LogP contribution >= 0.6 is 0 Å². The third kappa shape index (κ3) is 11.9. The Balaban J connectivity index is 1.01. The average Bonchev–Trinajstić information content (AvgIpc) is 3.81. The monoisotopic (exact) mass is 770 g/mol. The highest BCUT2D eigenvalue weighted by Crippen LogP contribution is 2.57. The smallest absolute Gasteiger partial charge is 0.336 e. The number of rotatable bonds is 24. The molecule has 2 aliphatic rings. The van der Waals surface area contributed by atoms with E-state index in [0.29, 0.717) is 12.4 Å². The summed E-state index contributed by atoms with van der Waals surface area (Å²) in [5.41, 5.74) is 6.37. The lowest BCUT2D eigenvalue weighted by Gasteiger charge is -2.29. The molecule has 0 aromatic heterocycles. The molecule has 1 unspecified atom stereocenters. The van der Waals surface area contributed by atoms with Crippen LogP contribution in [-0.4, -0.2) is 25.8 Å². The molecule has 0 aliphatic heterocycles. The molecule has 0 radical (unpaired) electrons. The highest BCUT2D eigenvalue weighted by atomic mass is 17.2. The summed E-state index contributed by atoms with van der Waals surface area (Å²) in [5, 5.41) is 0. The van der Waals surface area contributed by atoms with Crippen LogP contribution in [0.1, 0.15) is 137 Å². The number of aryl methyl sites for hydroxylation is 2. The molecule has 2 aliphatic carbocycles. The SMILES string of the molecule is CCCCCCCCOc1ccc(C=CCOOc2cccc3c2C2(CC3)CCc3cccc(OC(=O)C=Cc4ccc(OCCCCCCCC)cc4)c32)cc1. The highest BCUT2D eigenvalue weighted by Gasteiger charge is 2.48. The summed E-state index contributed by atoms with van der Waals surface area (Å²) < 4.78 is 18.0. The first-order valence-electron chi connectivity index (χ1n) is 21.7. The molecule has 6 nitrogen and oxygen atoms in total. The molecule has 0 heterocycles. The Bertz CT molecular complexity index is 1890. The summed E-state index contributed by atoms with van der Waals surface area (Å²) in [4.78, 5) is 25.1. The van der Waals surface area contributed by atoms with Crippen LogP contribution in [0.15, 0.2) is 97.1 Å². The van der Waals surface area contributed by atoms with Crippen molar-refractivity contribution >= 4 is 18.1 Å². The Morgan fingerprint density at radius 2 is 1.11 bits per heavy atom. The molecule has 1 atom stereocenters. The van der Waals surface area contributed by atoms with Gasteiger partial charge in [0.2, 0.25) is 0 Å². The molecule has 1 spiro atoms. The maximum absolute atomic E-state index is 13.3. The summed E-state index contributed by atoms with van der Waals surface area (Å²) in [6, 6.07) is 28.3. The van der Waals surface area contributed by atoms with E-state index in [0.717, 1.165) is 91.2 Å². The number of hydrogen-bond donors (Lipinski definition) is 0. The van der Waals surface area contributed by atoms with Crippen molar-refractivity contribution in [3.8, 4) is 23.0 Å². The topological polar surface area (TPSA) is 63.2 Å². The third-order valence-electron chi connectivity index (χ3n) is 11.4. The van der Waals surface area contributed by atoms with Crippen molar-refractivity contribution in [3.63, 3.8) is 0 Å². The van der Waals surface area contributed by atoms with E-state index in [2.05, 4.69) is 38.1 Å². The third-order valence-corrected chi connectivity index (χ3v) is 11.4. The van der Waals surface area contributed by atoms with Crippen LogP contribution in [0.25, 0.3) is 12.2 Å². The molecule has 0 saturated heterocycles. The minimum Gasteiger partial charge on any atom is -0.494 e. The molecule has 0 N–H and O–H groups in total. The fraction of sp³-hybridized carbons (Fsp3) is 0.431. The molecule has 0 bridgehead atoms.